The minimum atomic E-state index is -3.44. The Morgan fingerprint density at radius 3 is 2.83 bits per heavy atom. The summed E-state index contributed by atoms with van der Waals surface area (Å²) in [6.07, 6.45) is 7.04. The standard InChI is InChI=1S/C16H19N3O3S/c20-23(21,15-4-2-1-3-5-15)19-8-6-16(12-19)10-14(11-22-16)18-9-7-17-13-18/h1-5,7,9,13-14H,6,8,10-12H2/t14-,16-/m0/s1. The van der Waals surface area contributed by atoms with Crippen LogP contribution in [0.1, 0.15) is 18.9 Å². The lowest BCUT2D eigenvalue weighted by atomic mass is 9.97. The van der Waals surface area contributed by atoms with E-state index in [1.54, 1.807) is 41.1 Å². The lowest BCUT2D eigenvalue weighted by Crippen LogP contribution is -2.35. The number of rotatable bonds is 3. The summed E-state index contributed by atoms with van der Waals surface area (Å²) in [5.74, 6) is 0. The Hall–Kier alpha value is -1.70. The molecule has 0 unspecified atom stereocenters. The fraction of sp³-hybridized carbons (Fsp3) is 0.438. The van der Waals surface area contributed by atoms with Gasteiger partial charge in [-0.15, -0.1) is 0 Å². The molecular formula is C16H19N3O3S. The first-order chi connectivity index (χ1) is 11.1. The maximum atomic E-state index is 12.7. The van der Waals surface area contributed by atoms with Crippen LogP contribution in [0.15, 0.2) is 53.9 Å². The lowest BCUT2D eigenvalue weighted by molar-refractivity contribution is 0.0165. The first kappa shape index (κ1) is 14.9. The summed E-state index contributed by atoms with van der Waals surface area (Å²) in [6.45, 7) is 1.54. The van der Waals surface area contributed by atoms with Gasteiger partial charge in [0, 0.05) is 31.9 Å². The van der Waals surface area contributed by atoms with E-state index in [0.717, 1.165) is 12.8 Å². The fourth-order valence-electron chi connectivity index (χ4n) is 3.54. The van der Waals surface area contributed by atoms with Crippen molar-refractivity contribution in [3.63, 3.8) is 0 Å². The normalized spacial score (nSPS) is 28.6. The van der Waals surface area contributed by atoms with Crippen LogP contribution >= 0.6 is 0 Å². The number of hydrogen-bond donors (Lipinski definition) is 0. The smallest absolute Gasteiger partial charge is 0.243 e. The van der Waals surface area contributed by atoms with Gasteiger partial charge in [0.25, 0.3) is 0 Å². The van der Waals surface area contributed by atoms with Crippen molar-refractivity contribution in [3.8, 4) is 0 Å². The van der Waals surface area contributed by atoms with Crippen LogP contribution in [0, 0.1) is 0 Å². The van der Waals surface area contributed by atoms with E-state index in [0.29, 0.717) is 24.6 Å². The summed E-state index contributed by atoms with van der Waals surface area (Å²) < 4.78 is 35.1. The van der Waals surface area contributed by atoms with Crippen molar-refractivity contribution in [1.82, 2.24) is 13.9 Å². The Morgan fingerprint density at radius 2 is 2.09 bits per heavy atom. The average molecular weight is 333 g/mol. The second-order valence-corrected chi connectivity index (χ2v) is 8.20. The summed E-state index contributed by atoms with van der Waals surface area (Å²) in [7, 11) is -3.44. The van der Waals surface area contributed by atoms with Crippen molar-refractivity contribution in [1.29, 1.82) is 0 Å². The molecule has 4 rings (SSSR count). The molecule has 0 radical (unpaired) electrons. The summed E-state index contributed by atoms with van der Waals surface area (Å²) in [6, 6.07) is 8.84. The van der Waals surface area contributed by atoms with Gasteiger partial charge in [0.15, 0.2) is 0 Å². The number of nitrogens with zero attached hydrogens (tertiary/aromatic N) is 3. The number of ether oxygens (including phenoxy) is 1. The number of imidazole rings is 1. The molecule has 0 N–H and O–H groups in total. The third kappa shape index (κ3) is 2.58. The highest BCUT2D eigenvalue weighted by Crippen LogP contribution is 2.41. The van der Waals surface area contributed by atoms with Gasteiger partial charge in [-0.1, -0.05) is 18.2 Å². The molecule has 6 nitrogen and oxygen atoms in total. The molecular weight excluding hydrogens is 314 g/mol. The molecule has 2 aliphatic rings. The van der Waals surface area contributed by atoms with Crippen molar-refractivity contribution in [2.75, 3.05) is 19.7 Å². The van der Waals surface area contributed by atoms with Crippen molar-refractivity contribution in [2.45, 2.75) is 29.4 Å². The SMILES string of the molecule is O=S(=O)(c1ccccc1)N1CC[C@]2(C[C@H](n3ccnc3)CO2)C1. The Kier molecular flexibility index (Phi) is 3.51. The first-order valence-corrected chi connectivity index (χ1v) is 9.20. The molecule has 2 saturated heterocycles. The fourth-order valence-corrected chi connectivity index (χ4v) is 5.07. The van der Waals surface area contributed by atoms with Crippen LogP contribution in [0.3, 0.4) is 0 Å². The van der Waals surface area contributed by atoms with Gasteiger partial charge in [-0.3, -0.25) is 0 Å². The third-order valence-corrected chi connectivity index (χ3v) is 6.66. The summed E-state index contributed by atoms with van der Waals surface area (Å²) >= 11 is 0. The monoisotopic (exact) mass is 333 g/mol. The Balaban J connectivity index is 1.52. The van der Waals surface area contributed by atoms with Gasteiger partial charge in [0.1, 0.15) is 0 Å². The molecule has 7 heteroatoms. The van der Waals surface area contributed by atoms with E-state index in [2.05, 4.69) is 4.98 Å². The summed E-state index contributed by atoms with van der Waals surface area (Å²) in [5.41, 5.74) is -0.364. The van der Waals surface area contributed by atoms with Crippen LogP contribution < -0.4 is 0 Å². The molecule has 1 spiro atoms. The van der Waals surface area contributed by atoms with Gasteiger partial charge >= 0.3 is 0 Å². The Bertz CT molecular complexity index is 776. The zero-order valence-corrected chi connectivity index (χ0v) is 13.5. The largest absolute Gasteiger partial charge is 0.371 e. The molecule has 0 saturated carbocycles. The highest BCUT2D eigenvalue weighted by atomic mass is 32.2. The Morgan fingerprint density at radius 1 is 1.26 bits per heavy atom. The number of hydrogen-bond acceptors (Lipinski definition) is 4. The Labute approximate surface area is 135 Å². The minimum Gasteiger partial charge on any atom is -0.371 e. The highest BCUT2D eigenvalue weighted by molar-refractivity contribution is 7.89. The quantitative estimate of drug-likeness (QED) is 0.857. The molecule has 2 fully saturated rings. The minimum absolute atomic E-state index is 0.233. The predicted octanol–water partition coefficient (Wildman–Crippen LogP) is 1.68. The summed E-state index contributed by atoms with van der Waals surface area (Å²) in [4.78, 5) is 4.43. The van der Waals surface area contributed by atoms with E-state index in [1.165, 1.54) is 0 Å². The zero-order valence-electron chi connectivity index (χ0n) is 12.7. The second kappa shape index (κ2) is 5.43. The zero-order chi connectivity index (χ0) is 15.9. The topological polar surface area (TPSA) is 64.4 Å². The van der Waals surface area contributed by atoms with E-state index in [-0.39, 0.29) is 11.6 Å². The van der Waals surface area contributed by atoms with Gasteiger partial charge in [0.05, 0.1) is 29.5 Å². The number of aromatic nitrogens is 2. The first-order valence-electron chi connectivity index (χ1n) is 7.76. The van der Waals surface area contributed by atoms with Crippen LogP contribution in [-0.2, 0) is 14.8 Å². The lowest BCUT2D eigenvalue weighted by Gasteiger charge is -2.23. The van der Waals surface area contributed by atoms with E-state index in [1.807, 2.05) is 16.8 Å². The molecule has 0 bridgehead atoms. The molecule has 2 atom stereocenters. The highest BCUT2D eigenvalue weighted by Gasteiger charge is 2.48. The van der Waals surface area contributed by atoms with E-state index in [4.69, 9.17) is 4.74 Å². The van der Waals surface area contributed by atoms with Gasteiger partial charge in [0.2, 0.25) is 10.0 Å². The van der Waals surface area contributed by atoms with Gasteiger partial charge in [-0.05, 0) is 18.6 Å². The van der Waals surface area contributed by atoms with Crippen molar-refractivity contribution in [2.24, 2.45) is 0 Å². The van der Waals surface area contributed by atoms with Crippen LogP contribution in [0.4, 0.5) is 0 Å². The number of benzene rings is 1. The molecule has 0 amide bonds. The van der Waals surface area contributed by atoms with Gasteiger partial charge in [-0.25, -0.2) is 13.4 Å². The summed E-state index contributed by atoms with van der Waals surface area (Å²) in [5, 5.41) is 0. The maximum Gasteiger partial charge on any atom is 0.243 e. The van der Waals surface area contributed by atoms with Crippen molar-refractivity contribution < 1.29 is 13.2 Å². The molecule has 2 aliphatic heterocycles. The maximum absolute atomic E-state index is 12.7. The number of sulfonamides is 1. The molecule has 2 aromatic rings. The van der Waals surface area contributed by atoms with Gasteiger partial charge < -0.3 is 9.30 Å². The van der Waals surface area contributed by atoms with Crippen LogP contribution in [0.5, 0.6) is 0 Å². The predicted molar refractivity (Wildman–Crippen MR) is 84.4 cm³/mol. The molecule has 1 aromatic heterocycles. The third-order valence-electron chi connectivity index (χ3n) is 4.80. The van der Waals surface area contributed by atoms with Crippen LogP contribution in [0.25, 0.3) is 0 Å². The van der Waals surface area contributed by atoms with Gasteiger partial charge in [-0.2, -0.15) is 4.31 Å². The van der Waals surface area contributed by atoms with Crippen molar-refractivity contribution >= 4 is 10.0 Å². The molecule has 0 aliphatic carbocycles. The van der Waals surface area contributed by atoms with Crippen molar-refractivity contribution in [3.05, 3.63) is 49.1 Å². The van der Waals surface area contributed by atoms with Crippen LogP contribution in [-0.4, -0.2) is 47.6 Å². The molecule has 3 heterocycles. The molecule has 23 heavy (non-hydrogen) atoms. The van der Waals surface area contributed by atoms with E-state index >= 15 is 0 Å². The molecule has 1 aromatic carbocycles. The second-order valence-electron chi connectivity index (χ2n) is 6.26. The van der Waals surface area contributed by atoms with Crippen LogP contribution in [0.2, 0.25) is 0 Å². The van der Waals surface area contributed by atoms with E-state index < -0.39 is 10.0 Å². The average Bonchev–Trinajstić information content (AvgIpc) is 3.30. The van der Waals surface area contributed by atoms with E-state index in [9.17, 15) is 8.42 Å². The molecule has 122 valence electrons.